The van der Waals surface area contributed by atoms with Crippen LogP contribution in [0.3, 0.4) is 0 Å². The topological polar surface area (TPSA) is 74.8 Å². The first-order valence-electron chi connectivity index (χ1n) is 13.5. The fourth-order valence-corrected chi connectivity index (χ4v) is 8.90. The van der Waals surface area contributed by atoms with Gasteiger partial charge in [0, 0.05) is 0 Å². The van der Waals surface area contributed by atoms with E-state index in [-0.39, 0.29) is 22.0 Å². The normalized spacial score (nSPS) is 15.7. The maximum atomic E-state index is 14.4. The largest absolute Gasteiger partial charge is 0.265 e. The molecule has 0 amide bonds. The van der Waals surface area contributed by atoms with E-state index in [1.165, 1.54) is 14.7 Å². The molecular formula is C34H26N2O4S2. The number of sulfonamides is 2. The summed E-state index contributed by atoms with van der Waals surface area (Å²) in [6.07, 6.45) is 1.50. The first kappa shape index (κ1) is 26.3. The smallest absolute Gasteiger partial charge is 0.262 e. The van der Waals surface area contributed by atoms with Gasteiger partial charge in [0.25, 0.3) is 20.0 Å². The number of anilines is 2. The Bertz CT molecular complexity index is 2260. The van der Waals surface area contributed by atoms with Crippen LogP contribution in [0.25, 0.3) is 32.3 Å². The molecule has 1 atom stereocenters. The van der Waals surface area contributed by atoms with Gasteiger partial charge in [-0.25, -0.2) is 16.8 Å². The van der Waals surface area contributed by atoms with E-state index in [1.807, 2.05) is 72.8 Å². The molecule has 0 fully saturated rings. The number of nitrogens with zero attached hydrogens (tertiary/aromatic N) is 2. The minimum atomic E-state index is -4.12. The van der Waals surface area contributed by atoms with Crippen molar-refractivity contribution in [1.29, 1.82) is 0 Å². The molecule has 0 spiro atoms. The average Bonchev–Trinajstić information content (AvgIpc) is 3.02. The number of fused-ring (bicyclic) bond motifs is 4. The number of rotatable bonds is 5. The van der Waals surface area contributed by atoms with E-state index < -0.39 is 26.1 Å². The molecule has 8 heteroatoms. The molecule has 6 aromatic rings. The third kappa shape index (κ3) is 4.14. The molecular weight excluding hydrogens is 565 g/mol. The van der Waals surface area contributed by atoms with Crippen LogP contribution in [0.15, 0.2) is 144 Å². The first-order valence-corrected chi connectivity index (χ1v) is 16.4. The van der Waals surface area contributed by atoms with Crippen LogP contribution in [0.2, 0.25) is 0 Å². The van der Waals surface area contributed by atoms with Crippen LogP contribution >= 0.6 is 0 Å². The van der Waals surface area contributed by atoms with Crippen LogP contribution < -0.4 is 8.61 Å². The summed E-state index contributed by atoms with van der Waals surface area (Å²) in [5.41, 5.74) is 0.576. The van der Waals surface area contributed by atoms with Gasteiger partial charge in [0.1, 0.15) is 0 Å². The number of hydrogen-bond donors (Lipinski definition) is 0. The quantitative estimate of drug-likeness (QED) is 0.201. The summed E-state index contributed by atoms with van der Waals surface area (Å²) in [5, 5.41) is 5.05. The van der Waals surface area contributed by atoms with Crippen molar-refractivity contribution in [3.05, 3.63) is 134 Å². The maximum Gasteiger partial charge on any atom is 0.265 e. The van der Waals surface area contributed by atoms with Gasteiger partial charge in [-0.3, -0.25) is 8.61 Å². The minimum absolute atomic E-state index is 0.123. The van der Waals surface area contributed by atoms with Crippen LogP contribution in [0.4, 0.5) is 11.4 Å². The van der Waals surface area contributed by atoms with E-state index >= 15 is 0 Å². The summed E-state index contributed by atoms with van der Waals surface area (Å²) in [4.78, 5) is 0.256. The molecule has 6 nitrogen and oxygen atoms in total. The zero-order valence-electron chi connectivity index (χ0n) is 22.5. The van der Waals surface area contributed by atoms with Crippen LogP contribution in [-0.2, 0) is 20.0 Å². The van der Waals surface area contributed by atoms with Crippen molar-refractivity contribution in [1.82, 2.24) is 0 Å². The Labute approximate surface area is 244 Å². The third-order valence-electron chi connectivity index (χ3n) is 7.86. The lowest BCUT2D eigenvalue weighted by atomic mass is 10.1. The predicted octanol–water partition coefficient (Wildman–Crippen LogP) is 7.11. The van der Waals surface area contributed by atoms with Gasteiger partial charge in [-0.15, -0.1) is 6.58 Å². The molecule has 1 aliphatic rings. The van der Waals surface area contributed by atoms with Gasteiger partial charge in [0.2, 0.25) is 0 Å². The number of hydrogen-bond acceptors (Lipinski definition) is 4. The van der Waals surface area contributed by atoms with Gasteiger partial charge < -0.3 is 0 Å². The van der Waals surface area contributed by atoms with Crippen LogP contribution in [0, 0.1) is 0 Å². The second-order valence-electron chi connectivity index (χ2n) is 10.3. The first-order chi connectivity index (χ1) is 20.3. The lowest BCUT2D eigenvalue weighted by Gasteiger charge is -2.42. The highest BCUT2D eigenvalue weighted by molar-refractivity contribution is 7.93. The Morgan fingerprint density at radius 1 is 0.548 bits per heavy atom. The van der Waals surface area contributed by atoms with Crippen LogP contribution in [0.5, 0.6) is 0 Å². The van der Waals surface area contributed by atoms with Crippen LogP contribution in [-0.4, -0.2) is 29.4 Å². The van der Waals surface area contributed by atoms with Crippen molar-refractivity contribution >= 4 is 63.7 Å². The monoisotopic (exact) mass is 590 g/mol. The molecule has 0 unspecified atom stereocenters. The van der Waals surface area contributed by atoms with Gasteiger partial charge in [0.05, 0.1) is 33.8 Å². The zero-order chi connectivity index (χ0) is 29.1. The maximum absolute atomic E-state index is 14.4. The molecule has 7 rings (SSSR count). The summed E-state index contributed by atoms with van der Waals surface area (Å²) in [5.74, 6) is 0. The molecule has 0 bridgehead atoms. The van der Waals surface area contributed by atoms with E-state index in [2.05, 4.69) is 6.58 Å². The lowest BCUT2D eigenvalue weighted by Crippen LogP contribution is -2.52. The fraction of sp³-hybridized carbons (Fsp3) is 0.0588. The summed E-state index contributed by atoms with van der Waals surface area (Å²) in [6.45, 7) is 3.80. The van der Waals surface area contributed by atoms with Gasteiger partial charge in [-0.1, -0.05) is 91.0 Å². The standard InChI is InChI=1S/C34H26N2O4S2/c1-2-30-23-35(41(37,38)31-17-15-24-9-3-5-11-26(24)19-31)33-21-28-13-7-8-14-29(28)22-34(33)36(30)42(39,40)32-18-16-25-10-4-6-12-27(25)20-32/h2-22,30H,1,23H2/t30-/m1/s1. The molecule has 208 valence electrons. The Kier molecular flexibility index (Phi) is 6.07. The molecule has 0 saturated carbocycles. The lowest BCUT2D eigenvalue weighted by molar-refractivity contribution is 0.574. The Hall–Kier alpha value is -4.66. The van der Waals surface area contributed by atoms with Gasteiger partial charge >= 0.3 is 0 Å². The summed E-state index contributed by atoms with van der Waals surface area (Å²) < 4.78 is 60.0. The van der Waals surface area contributed by atoms with Gasteiger partial charge in [-0.2, -0.15) is 0 Å². The van der Waals surface area contributed by atoms with Crippen molar-refractivity contribution in [3.8, 4) is 0 Å². The molecule has 0 aliphatic carbocycles. The fourth-order valence-electron chi connectivity index (χ4n) is 5.72. The average molecular weight is 591 g/mol. The SMILES string of the molecule is C=C[C@@H]1CN(S(=O)(=O)c2ccc3ccccc3c2)c2cc3ccccc3cc2N1S(=O)(=O)c1ccc2ccccc2c1. The van der Waals surface area contributed by atoms with Crippen molar-refractivity contribution in [3.63, 3.8) is 0 Å². The molecule has 0 N–H and O–H groups in total. The molecule has 0 radical (unpaired) electrons. The molecule has 1 aliphatic heterocycles. The summed E-state index contributed by atoms with van der Waals surface area (Å²) >= 11 is 0. The highest BCUT2D eigenvalue weighted by atomic mass is 32.2. The molecule has 0 saturated heterocycles. The predicted molar refractivity (Wildman–Crippen MR) is 170 cm³/mol. The minimum Gasteiger partial charge on any atom is -0.262 e. The summed E-state index contributed by atoms with van der Waals surface area (Å²) in [6, 6.07) is 35.4. The Balaban J connectivity index is 1.44. The van der Waals surface area contributed by atoms with E-state index in [1.54, 1.807) is 48.5 Å². The molecule has 0 aromatic heterocycles. The van der Waals surface area contributed by atoms with E-state index in [0.29, 0.717) is 5.69 Å². The molecule has 1 heterocycles. The number of benzene rings is 6. The third-order valence-corrected chi connectivity index (χ3v) is 11.5. The van der Waals surface area contributed by atoms with Crippen molar-refractivity contribution in [2.75, 3.05) is 15.2 Å². The van der Waals surface area contributed by atoms with Crippen molar-refractivity contribution < 1.29 is 16.8 Å². The summed E-state index contributed by atoms with van der Waals surface area (Å²) in [7, 11) is -8.20. The van der Waals surface area contributed by atoms with Crippen molar-refractivity contribution in [2.24, 2.45) is 0 Å². The highest BCUT2D eigenvalue weighted by Crippen LogP contribution is 2.44. The van der Waals surface area contributed by atoms with E-state index in [0.717, 1.165) is 32.3 Å². The van der Waals surface area contributed by atoms with E-state index in [9.17, 15) is 16.8 Å². The molecule has 6 aromatic carbocycles. The van der Waals surface area contributed by atoms with Gasteiger partial charge in [0.15, 0.2) is 0 Å². The highest BCUT2D eigenvalue weighted by Gasteiger charge is 2.42. The Morgan fingerprint density at radius 3 is 1.48 bits per heavy atom. The molecule has 42 heavy (non-hydrogen) atoms. The second kappa shape index (κ2) is 9.72. The van der Waals surface area contributed by atoms with Crippen molar-refractivity contribution in [2.45, 2.75) is 15.8 Å². The second-order valence-corrected chi connectivity index (χ2v) is 14.0. The Morgan fingerprint density at radius 2 is 0.976 bits per heavy atom. The zero-order valence-corrected chi connectivity index (χ0v) is 24.1. The van der Waals surface area contributed by atoms with Crippen LogP contribution in [0.1, 0.15) is 0 Å². The van der Waals surface area contributed by atoms with Gasteiger partial charge in [-0.05, 0) is 68.7 Å². The van der Waals surface area contributed by atoms with E-state index in [4.69, 9.17) is 0 Å².